The highest BCUT2D eigenvalue weighted by Crippen LogP contribution is 2.18. The lowest BCUT2D eigenvalue weighted by Gasteiger charge is -2.19. The molecule has 0 saturated heterocycles. The minimum atomic E-state index is -0.646. The summed E-state index contributed by atoms with van der Waals surface area (Å²) >= 11 is 3.33. The number of imidazole rings is 1. The summed E-state index contributed by atoms with van der Waals surface area (Å²) in [6, 6.07) is 6.49. The molecule has 2 aromatic rings. The first-order chi connectivity index (χ1) is 9.66. The van der Waals surface area contributed by atoms with Gasteiger partial charge < -0.3 is 10.7 Å². The second-order valence-corrected chi connectivity index (χ2v) is 5.02. The van der Waals surface area contributed by atoms with Gasteiger partial charge in [-0.05, 0) is 37.1 Å². The number of nitrogens with one attached hydrogen (secondary N) is 1. The molecule has 6 nitrogen and oxygen atoms in total. The second-order valence-electron chi connectivity index (χ2n) is 4.11. The van der Waals surface area contributed by atoms with Crippen LogP contribution in [0.25, 0.3) is 0 Å². The number of H-pyrrole nitrogens is 1. The fraction of sp³-hybridized carbons (Fsp3) is 0.231. The molecule has 1 aromatic carbocycles. The van der Waals surface area contributed by atoms with Crippen molar-refractivity contribution >= 4 is 27.6 Å². The number of rotatable bonds is 6. The number of aromatic amines is 1. The van der Waals surface area contributed by atoms with E-state index >= 15 is 0 Å². The van der Waals surface area contributed by atoms with E-state index in [1.807, 2.05) is 18.3 Å². The topological polar surface area (TPSA) is 84.2 Å². The van der Waals surface area contributed by atoms with Gasteiger partial charge in [-0.3, -0.25) is 4.84 Å². The van der Waals surface area contributed by atoms with Gasteiger partial charge in [0.2, 0.25) is 0 Å². The molecule has 1 heterocycles. The number of aryl methyl sites for hydroxylation is 1. The van der Waals surface area contributed by atoms with Gasteiger partial charge in [0, 0.05) is 10.7 Å². The zero-order chi connectivity index (χ0) is 14.4. The quantitative estimate of drug-likeness (QED) is 0.627. The summed E-state index contributed by atoms with van der Waals surface area (Å²) in [5.74, 6) is 0. The van der Waals surface area contributed by atoms with Crippen LogP contribution >= 0.6 is 15.9 Å². The van der Waals surface area contributed by atoms with Crippen molar-refractivity contribution < 1.29 is 9.63 Å². The van der Waals surface area contributed by atoms with E-state index in [9.17, 15) is 4.79 Å². The average molecular weight is 339 g/mol. The zero-order valence-electron chi connectivity index (χ0n) is 10.8. The van der Waals surface area contributed by atoms with E-state index in [2.05, 4.69) is 25.9 Å². The fourth-order valence-corrected chi connectivity index (χ4v) is 1.94. The number of primary amides is 1. The third kappa shape index (κ3) is 4.07. The number of amides is 2. The molecule has 0 aliphatic rings. The van der Waals surface area contributed by atoms with Crippen molar-refractivity contribution in [1.82, 2.24) is 9.97 Å². The Balaban J connectivity index is 1.86. The first-order valence-corrected chi connectivity index (χ1v) is 6.92. The molecule has 0 radical (unpaired) electrons. The fourth-order valence-electron chi connectivity index (χ4n) is 1.68. The van der Waals surface area contributed by atoms with Crippen LogP contribution in [0.1, 0.15) is 12.1 Å². The first-order valence-electron chi connectivity index (χ1n) is 6.12. The van der Waals surface area contributed by atoms with Crippen LogP contribution in [0.5, 0.6) is 0 Å². The molecule has 0 bridgehead atoms. The Morgan fingerprint density at radius 1 is 1.40 bits per heavy atom. The standard InChI is InChI=1S/C13H15BrN4O2/c14-10-3-5-12(6-4-10)18(13(15)19)20-7-1-2-11-8-16-9-17-11/h3-6,8-9H,1-2,7H2,(H2,15,19)(H,16,17). The Kier molecular flexibility index (Phi) is 5.14. The number of hydroxylamine groups is 1. The van der Waals surface area contributed by atoms with Crippen LogP contribution < -0.4 is 10.8 Å². The van der Waals surface area contributed by atoms with E-state index in [0.29, 0.717) is 12.3 Å². The molecular formula is C13H15BrN4O2. The number of halogens is 1. The Morgan fingerprint density at radius 2 is 2.15 bits per heavy atom. The molecular weight excluding hydrogens is 324 g/mol. The summed E-state index contributed by atoms with van der Waals surface area (Å²) in [5, 5.41) is 1.09. The summed E-state index contributed by atoms with van der Waals surface area (Å²) in [5.41, 5.74) is 6.88. The van der Waals surface area contributed by atoms with Gasteiger partial charge in [0.1, 0.15) is 0 Å². The van der Waals surface area contributed by atoms with E-state index in [0.717, 1.165) is 28.1 Å². The minimum absolute atomic E-state index is 0.381. The van der Waals surface area contributed by atoms with Crippen molar-refractivity contribution in [2.24, 2.45) is 5.73 Å². The van der Waals surface area contributed by atoms with Crippen molar-refractivity contribution in [3.8, 4) is 0 Å². The number of hydrogen-bond donors (Lipinski definition) is 2. The van der Waals surface area contributed by atoms with Crippen LogP contribution in [0.4, 0.5) is 10.5 Å². The van der Waals surface area contributed by atoms with Gasteiger partial charge >= 0.3 is 6.03 Å². The highest BCUT2D eigenvalue weighted by Gasteiger charge is 2.13. The third-order valence-electron chi connectivity index (χ3n) is 2.61. The maximum atomic E-state index is 11.4. The molecule has 0 saturated carbocycles. The average Bonchev–Trinajstić information content (AvgIpc) is 2.93. The van der Waals surface area contributed by atoms with Crippen LogP contribution in [0, 0.1) is 0 Å². The third-order valence-corrected chi connectivity index (χ3v) is 3.14. The molecule has 2 amide bonds. The molecule has 0 fully saturated rings. The van der Waals surface area contributed by atoms with Gasteiger partial charge in [-0.15, -0.1) is 0 Å². The summed E-state index contributed by atoms with van der Waals surface area (Å²) < 4.78 is 0.921. The SMILES string of the molecule is NC(=O)N(OCCCc1c[nH]cn1)c1ccc(Br)cc1. The van der Waals surface area contributed by atoms with Crippen molar-refractivity contribution in [2.75, 3.05) is 11.7 Å². The summed E-state index contributed by atoms with van der Waals surface area (Å²) in [6.07, 6.45) is 4.98. The molecule has 1 aromatic heterocycles. The van der Waals surface area contributed by atoms with Crippen LogP contribution in [-0.2, 0) is 11.3 Å². The van der Waals surface area contributed by atoms with Crippen molar-refractivity contribution in [3.63, 3.8) is 0 Å². The molecule has 7 heteroatoms. The number of aromatic nitrogens is 2. The predicted octanol–water partition coefficient (Wildman–Crippen LogP) is 2.62. The van der Waals surface area contributed by atoms with Gasteiger partial charge in [0.15, 0.2) is 0 Å². The number of nitrogens with zero attached hydrogens (tertiary/aromatic N) is 2. The highest BCUT2D eigenvalue weighted by atomic mass is 79.9. The maximum Gasteiger partial charge on any atom is 0.343 e. The number of urea groups is 1. The smallest absolute Gasteiger partial charge is 0.343 e. The summed E-state index contributed by atoms with van der Waals surface area (Å²) in [6.45, 7) is 0.381. The molecule has 2 rings (SSSR count). The van der Waals surface area contributed by atoms with Crippen LogP contribution in [0.15, 0.2) is 41.3 Å². The van der Waals surface area contributed by atoms with Gasteiger partial charge in [-0.1, -0.05) is 15.9 Å². The van der Waals surface area contributed by atoms with E-state index in [-0.39, 0.29) is 0 Å². The van der Waals surface area contributed by atoms with Gasteiger partial charge in [-0.25, -0.2) is 9.78 Å². The molecule has 0 aliphatic heterocycles. The van der Waals surface area contributed by atoms with Crippen molar-refractivity contribution in [1.29, 1.82) is 0 Å². The van der Waals surface area contributed by atoms with Crippen LogP contribution in [-0.4, -0.2) is 22.6 Å². The Bertz CT molecular complexity index is 542. The minimum Gasteiger partial charge on any atom is -0.351 e. The zero-order valence-corrected chi connectivity index (χ0v) is 12.3. The molecule has 20 heavy (non-hydrogen) atoms. The number of nitrogens with two attached hydrogens (primary N) is 1. The molecule has 0 spiro atoms. The Morgan fingerprint density at radius 3 is 2.75 bits per heavy atom. The molecule has 0 atom stereocenters. The van der Waals surface area contributed by atoms with Gasteiger partial charge in [0.25, 0.3) is 0 Å². The van der Waals surface area contributed by atoms with Crippen molar-refractivity contribution in [2.45, 2.75) is 12.8 Å². The van der Waals surface area contributed by atoms with E-state index in [1.54, 1.807) is 18.5 Å². The summed E-state index contributed by atoms with van der Waals surface area (Å²) in [4.78, 5) is 23.8. The van der Waals surface area contributed by atoms with Gasteiger partial charge in [0.05, 0.1) is 24.3 Å². The lowest BCUT2D eigenvalue weighted by atomic mass is 10.3. The predicted molar refractivity (Wildman–Crippen MR) is 79.1 cm³/mol. The molecule has 106 valence electrons. The van der Waals surface area contributed by atoms with Crippen LogP contribution in [0.3, 0.4) is 0 Å². The maximum absolute atomic E-state index is 11.4. The number of anilines is 1. The molecule has 0 aliphatic carbocycles. The normalized spacial score (nSPS) is 10.4. The number of carbonyl (C=O) groups is 1. The van der Waals surface area contributed by atoms with Gasteiger partial charge in [-0.2, -0.15) is 5.06 Å². The van der Waals surface area contributed by atoms with E-state index in [4.69, 9.17) is 10.6 Å². The molecule has 3 N–H and O–H groups in total. The monoisotopic (exact) mass is 338 g/mol. The van der Waals surface area contributed by atoms with E-state index in [1.165, 1.54) is 0 Å². The van der Waals surface area contributed by atoms with Crippen molar-refractivity contribution in [3.05, 3.63) is 47.0 Å². The molecule has 0 unspecified atom stereocenters. The Hall–Kier alpha value is -1.86. The van der Waals surface area contributed by atoms with Crippen LogP contribution in [0.2, 0.25) is 0 Å². The Labute approximate surface area is 125 Å². The first kappa shape index (κ1) is 14.5. The van der Waals surface area contributed by atoms with E-state index < -0.39 is 6.03 Å². The highest BCUT2D eigenvalue weighted by molar-refractivity contribution is 9.10. The summed E-state index contributed by atoms with van der Waals surface area (Å²) in [7, 11) is 0. The largest absolute Gasteiger partial charge is 0.351 e. The number of hydrogen-bond acceptors (Lipinski definition) is 3. The second kappa shape index (κ2) is 7.06. The number of benzene rings is 1. The number of carbonyl (C=O) groups excluding carboxylic acids is 1. The lowest BCUT2D eigenvalue weighted by Crippen LogP contribution is -2.36. The lowest BCUT2D eigenvalue weighted by molar-refractivity contribution is 0.118.